The third kappa shape index (κ3) is 3.03. The lowest BCUT2D eigenvalue weighted by molar-refractivity contribution is -0.136. The fourth-order valence-electron chi connectivity index (χ4n) is 2.01. The molecule has 0 saturated carbocycles. The predicted octanol–water partition coefficient (Wildman–Crippen LogP) is 3.55. The zero-order valence-corrected chi connectivity index (χ0v) is 11.8. The molecule has 0 bridgehead atoms. The Hall–Kier alpha value is -2.40. The van der Waals surface area contributed by atoms with E-state index in [0.717, 1.165) is 28.2 Å². The first-order chi connectivity index (χ1) is 10.2. The Balaban J connectivity index is 1.93. The number of aromatic nitrogens is 2. The van der Waals surface area contributed by atoms with Gasteiger partial charge in [-0.2, -0.15) is 0 Å². The Bertz CT molecular complexity index is 777. The van der Waals surface area contributed by atoms with Crippen LogP contribution in [-0.2, 0) is 4.79 Å². The van der Waals surface area contributed by atoms with Crippen LogP contribution < -0.4 is 0 Å². The Kier molecular flexibility index (Phi) is 3.83. The number of hydrogen-bond donors (Lipinski definition) is 1. The molecule has 1 unspecified atom stereocenters. The maximum atomic E-state index is 11.5. The van der Waals surface area contributed by atoms with Gasteiger partial charge in [-0.05, 0) is 11.6 Å². The number of carbonyl (C=O) groups is 1. The molecule has 1 atom stereocenters. The molecule has 0 radical (unpaired) electrons. The third-order valence-corrected chi connectivity index (χ3v) is 4.13. The van der Waals surface area contributed by atoms with E-state index >= 15 is 0 Å². The van der Waals surface area contributed by atoms with E-state index in [2.05, 4.69) is 9.97 Å². The molecule has 0 fully saturated rings. The summed E-state index contributed by atoms with van der Waals surface area (Å²) in [6.45, 7) is 0. The van der Waals surface area contributed by atoms with Crippen molar-refractivity contribution in [3.05, 3.63) is 66.4 Å². The van der Waals surface area contributed by atoms with E-state index < -0.39 is 11.2 Å². The van der Waals surface area contributed by atoms with Crippen LogP contribution in [0, 0.1) is 0 Å². The van der Waals surface area contributed by atoms with Crippen molar-refractivity contribution in [2.45, 2.75) is 10.4 Å². The monoisotopic (exact) mass is 296 g/mol. The number of carboxylic acid groups (broad SMARTS) is 1. The van der Waals surface area contributed by atoms with E-state index in [4.69, 9.17) is 0 Å². The fourth-order valence-corrected chi connectivity index (χ4v) is 2.88. The van der Waals surface area contributed by atoms with E-state index in [1.165, 1.54) is 0 Å². The van der Waals surface area contributed by atoms with Crippen molar-refractivity contribution in [2.24, 2.45) is 0 Å². The van der Waals surface area contributed by atoms with Gasteiger partial charge in [0.1, 0.15) is 5.25 Å². The average Bonchev–Trinajstić information content (AvgIpc) is 2.53. The number of para-hydroxylation sites is 1. The number of fused-ring (bicyclic) bond motifs is 1. The summed E-state index contributed by atoms with van der Waals surface area (Å²) in [6, 6.07) is 16.7. The molecule has 1 aromatic heterocycles. The number of rotatable bonds is 4. The smallest absolute Gasteiger partial charge is 0.321 e. The van der Waals surface area contributed by atoms with Gasteiger partial charge in [-0.3, -0.25) is 4.79 Å². The molecule has 0 saturated heterocycles. The van der Waals surface area contributed by atoms with E-state index in [1.807, 2.05) is 42.5 Å². The summed E-state index contributed by atoms with van der Waals surface area (Å²) < 4.78 is 0. The van der Waals surface area contributed by atoms with Gasteiger partial charge in [-0.1, -0.05) is 60.3 Å². The molecule has 3 aromatic rings. The van der Waals surface area contributed by atoms with Crippen LogP contribution >= 0.6 is 11.8 Å². The van der Waals surface area contributed by atoms with Crippen LogP contribution in [-0.4, -0.2) is 21.0 Å². The maximum absolute atomic E-state index is 11.5. The summed E-state index contributed by atoms with van der Waals surface area (Å²) in [5.74, 6) is -0.900. The van der Waals surface area contributed by atoms with Gasteiger partial charge in [0.2, 0.25) is 0 Å². The quantitative estimate of drug-likeness (QED) is 0.589. The minimum absolute atomic E-state index is 0.463. The Morgan fingerprint density at radius 1 is 1.05 bits per heavy atom. The van der Waals surface area contributed by atoms with Crippen LogP contribution in [0.4, 0.5) is 0 Å². The van der Waals surface area contributed by atoms with E-state index in [-0.39, 0.29) is 0 Å². The Labute approximate surface area is 125 Å². The first-order valence-corrected chi connectivity index (χ1v) is 7.28. The molecule has 0 aliphatic rings. The number of carboxylic acids is 1. The van der Waals surface area contributed by atoms with Gasteiger partial charge in [0.05, 0.1) is 5.52 Å². The first kappa shape index (κ1) is 13.6. The van der Waals surface area contributed by atoms with Crippen LogP contribution in [0.5, 0.6) is 0 Å². The van der Waals surface area contributed by atoms with Crippen molar-refractivity contribution < 1.29 is 9.90 Å². The van der Waals surface area contributed by atoms with E-state index in [1.54, 1.807) is 18.3 Å². The van der Waals surface area contributed by atoms with Crippen molar-refractivity contribution in [3.8, 4) is 0 Å². The van der Waals surface area contributed by atoms with Crippen molar-refractivity contribution in [2.75, 3.05) is 0 Å². The lowest BCUT2D eigenvalue weighted by Crippen LogP contribution is -2.08. The molecular formula is C16H12N2O2S. The van der Waals surface area contributed by atoms with Crippen molar-refractivity contribution in [1.82, 2.24) is 9.97 Å². The maximum Gasteiger partial charge on any atom is 0.321 e. The predicted molar refractivity (Wildman–Crippen MR) is 82.2 cm³/mol. The molecule has 3 rings (SSSR count). The Morgan fingerprint density at radius 3 is 2.52 bits per heavy atom. The van der Waals surface area contributed by atoms with Crippen LogP contribution in [0.3, 0.4) is 0 Å². The summed E-state index contributed by atoms with van der Waals surface area (Å²) in [7, 11) is 0. The lowest BCUT2D eigenvalue weighted by atomic mass is 10.1. The summed E-state index contributed by atoms with van der Waals surface area (Å²) in [5, 5.41) is 10.1. The summed E-state index contributed by atoms with van der Waals surface area (Å²) >= 11 is 1.14. The topological polar surface area (TPSA) is 63.1 Å². The van der Waals surface area contributed by atoms with Gasteiger partial charge in [0.25, 0.3) is 0 Å². The third-order valence-electron chi connectivity index (χ3n) is 3.02. The molecule has 0 aliphatic heterocycles. The number of hydrogen-bond acceptors (Lipinski definition) is 4. The average molecular weight is 296 g/mol. The van der Waals surface area contributed by atoms with Gasteiger partial charge in [0, 0.05) is 11.6 Å². The minimum Gasteiger partial charge on any atom is -0.480 e. The van der Waals surface area contributed by atoms with Gasteiger partial charge in [-0.15, -0.1) is 0 Å². The van der Waals surface area contributed by atoms with Gasteiger partial charge >= 0.3 is 5.97 Å². The second-order valence-corrected chi connectivity index (χ2v) is 5.53. The van der Waals surface area contributed by atoms with Gasteiger partial charge < -0.3 is 5.11 Å². The summed E-state index contributed by atoms with van der Waals surface area (Å²) in [5.41, 5.74) is 1.54. The highest BCUT2D eigenvalue weighted by molar-refractivity contribution is 8.00. The summed E-state index contributed by atoms with van der Waals surface area (Å²) in [6.07, 6.45) is 1.72. The molecule has 0 spiro atoms. The molecule has 5 heteroatoms. The number of thioether (sulfide) groups is 1. The number of nitrogens with zero attached hydrogens (tertiary/aromatic N) is 2. The molecule has 1 heterocycles. The van der Waals surface area contributed by atoms with Crippen LogP contribution in [0.25, 0.3) is 10.9 Å². The highest BCUT2D eigenvalue weighted by Gasteiger charge is 2.22. The minimum atomic E-state index is -0.900. The number of benzene rings is 2. The number of aliphatic carboxylic acids is 1. The molecule has 104 valence electrons. The largest absolute Gasteiger partial charge is 0.480 e. The fraction of sp³-hybridized carbons (Fsp3) is 0.0625. The van der Waals surface area contributed by atoms with Crippen molar-refractivity contribution in [1.29, 1.82) is 0 Å². The molecule has 2 aromatic carbocycles. The molecular weight excluding hydrogens is 284 g/mol. The van der Waals surface area contributed by atoms with E-state index in [9.17, 15) is 9.90 Å². The molecule has 0 amide bonds. The second kappa shape index (κ2) is 5.93. The van der Waals surface area contributed by atoms with Crippen LogP contribution in [0.2, 0.25) is 0 Å². The second-order valence-electron chi connectivity index (χ2n) is 4.46. The van der Waals surface area contributed by atoms with Crippen molar-refractivity contribution in [3.63, 3.8) is 0 Å². The first-order valence-electron chi connectivity index (χ1n) is 6.40. The highest BCUT2D eigenvalue weighted by atomic mass is 32.2. The van der Waals surface area contributed by atoms with Gasteiger partial charge in [-0.25, -0.2) is 9.97 Å². The lowest BCUT2D eigenvalue weighted by Gasteiger charge is -2.11. The molecule has 21 heavy (non-hydrogen) atoms. The normalized spacial score (nSPS) is 12.2. The molecule has 0 aliphatic carbocycles. The zero-order chi connectivity index (χ0) is 14.7. The SMILES string of the molecule is O=C(O)C(Sc1ncc2ccccc2n1)c1ccccc1. The van der Waals surface area contributed by atoms with Crippen LogP contribution in [0.15, 0.2) is 66.0 Å². The Morgan fingerprint density at radius 2 is 1.76 bits per heavy atom. The molecule has 4 nitrogen and oxygen atoms in total. The summed E-state index contributed by atoms with van der Waals surface area (Å²) in [4.78, 5) is 20.1. The van der Waals surface area contributed by atoms with Gasteiger partial charge in [0.15, 0.2) is 5.16 Å². The van der Waals surface area contributed by atoms with E-state index in [0.29, 0.717) is 5.16 Å². The zero-order valence-electron chi connectivity index (χ0n) is 11.0. The van der Waals surface area contributed by atoms with Crippen LogP contribution in [0.1, 0.15) is 10.8 Å². The standard InChI is InChI=1S/C16H12N2O2S/c19-15(20)14(11-6-2-1-3-7-11)21-16-17-10-12-8-4-5-9-13(12)18-16/h1-10,14H,(H,19,20). The highest BCUT2D eigenvalue weighted by Crippen LogP contribution is 2.33. The molecule has 1 N–H and O–H groups in total. The van der Waals surface area contributed by atoms with Crippen molar-refractivity contribution >= 4 is 28.6 Å².